The number of hydrogen-bond donors (Lipinski definition) is 0. The zero-order valence-corrected chi connectivity index (χ0v) is 13.5. The average Bonchev–Trinajstić information content (AvgIpc) is 2.46. The molecule has 114 valence electrons. The summed E-state index contributed by atoms with van der Waals surface area (Å²) in [5.74, 6) is -0.159. The number of nitro benzene ring substituents is 1. The van der Waals surface area contributed by atoms with E-state index in [9.17, 15) is 14.9 Å². The molecule has 0 saturated heterocycles. The smallest absolute Gasteiger partial charge is 0.283 e. The number of carbonyl (C=O) groups excluding carboxylic acids is 1. The molecule has 0 atom stereocenters. The second-order valence-electron chi connectivity index (χ2n) is 4.67. The number of halogens is 1. The van der Waals surface area contributed by atoms with E-state index in [4.69, 9.17) is 11.6 Å². The quantitative estimate of drug-likeness (QED) is 0.623. The van der Waals surface area contributed by atoms with Crippen LogP contribution in [0.3, 0.4) is 0 Å². The Labute approximate surface area is 137 Å². The largest absolute Gasteiger partial charge is 0.345 e. The Morgan fingerprint density at radius 3 is 2.50 bits per heavy atom. The Balaban J connectivity index is 2.46. The standard InChI is InChI=1S/C15H13ClN2O3S/c1-17(2)15(19)11-5-3-4-6-13(11)22-14-9-10(16)7-8-12(14)18(20)21/h3-9H,1-2H3. The third kappa shape index (κ3) is 3.58. The minimum Gasteiger partial charge on any atom is -0.345 e. The van der Waals surface area contributed by atoms with Crippen LogP contribution >= 0.6 is 23.4 Å². The molecule has 1 amide bonds. The summed E-state index contributed by atoms with van der Waals surface area (Å²) in [7, 11) is 3.32. The van der Waals surface area contributed by atoms with Gasteiger partial charge in [0.15, 0.2) is 0 Å². The van der Waals surface area contributed by atoms with Crippen LogP contribution in [0.15, 0.2) is 52.3 Å². The van der Waals surface area contributed by atoms with Gasteiger partial charge in [0.25, 0.3) is 11.6 Å². The number of rotatable bonds is 4. The maximum Gasteiger partial charge on any atom is 0.283 e. The van der Waals surface area contributed by atoms with Crippen LogP contribution in [-0.2, 0) is 0 Å². The summed E-state index contributed by atoms with van der Waals surface area (Å²) in [6, 6.07) is 11.4. The zero-order chi connectivity index (χ0) is 16.3. The zero-order valence-electron chi connectivity index (χ0n) is 11.9. The topological polar surface area (TPSA) is 63.5 Å². The Hall–Kier alpha value is -2.05. The Morgan fingerprint density at radius 1 is 1.18 bits per heavy atom. The second kappa shape index (κ2) is 6.81. The van der Waals surface area contributed by atoms with Crippen LogP contribution in [0.2, 0.25) is 5.02 Å². The molecule has 0 aromatic heterocycles. The normalized spacial score (nSPS) is 10.3. The van der Waals surface area contributed by atoms with Crippen LogP contribution in [0.1, 0.15) is 10.4 Å². The van der Waals surface area contributed by atoms with Crippen molar-refractivity contribution >= 4 is 35.0 Å². The maximum absolute atomic E-state index is 12.2. The van der Waals surface area contributed by atoms with Crippen LogP contribution in [0.4, 0.5) is 5.69 Å². The lowest BCUT2D eigenvalue weighted by atomic mass is 10.2. The first-order valence-electron chi connectivity index (χ1n) is 6.32. The molecular weight excluding hydrogens is 324 g/mol. The summed E-state index contributed by atoms with van der Waals surface area (Å²) in [4.78, 5) is 25.4. The van der Waals surface area contributed by atoms with Gasteiger partial charge >= 0.3 is 0 Å². The lowest BCUT2D eigenvalue weighted by Gasteiger charge is -2.13. The number of nitro groups is 1. The van der Waals surface area contributed by atoms with Gasteiger partial charge in [-0.25, -0.2) is 0 Å². The van der Waals surface area contributed by atoms with Gasteiger partial charge in [0, 0.05) is 30.1 Å². The molecule has 0 spiro atoms. The number of benzene rings is 2. The molecule has 0 aliphatic carbocycles. The molecule has 0 heterocycles. The van der Waals surface area contributed by atoms with Gasteiger partial charge in [-0.3, -0.25) is 14.9 Å². The summed E-state index contributed by atoms with van der Waals surface area (Å²) >= 11 is 7.08. The van der Waals surface area contributed by atoms with Gasteiger partial charge in [-0.2, -0.15) is 0 Å². The number of amides is 1. The third-order valence-electron chi connectivity index (χ3n) is 2.86. The van der Waals surface area contributed by atoms with Gasteiger partial charge in [-0.15, -0.1) is 0 Å². The van der Waals surface area contributed by atoms with E-state index in [0.29, 0.717) is 20.4 Å². The molecule has 0 bridgehead atoms. The molecule has 22 heavy (non-hydrogen) atoms. The van der Waals surface area contributed by atoms with E-state index in [2.05, 4.69) is 0 Å². The fourth-order valence-electron chi connectivity index (χ4n) is 1.81. The first-order chi connectivity index (χ1) is 10.4. The highest BCUT2D eigenvalue weighted by Crippen LogP contribution is 2.38. The predicted octanol–water partition coefficient (Wildman–Crippen LogP) is 4.10. The molecule has 2 aromatic rings. The van der Waals surface area contributed by atoms with E-state index in [-0.39, 0.29) is 11.6 Å². The van der Waals surface area contributed by atoms with Crippen LogP contribution in [-0.4, -0.2) is 29.8 Å². The number of carbonyl (C=O) groups is 1. The third-order valence-corrected chi connectivity index (χ3v) is 4.22. The first kappa shape index (κ1) is 16.3. The van der Waals surface area contributed by atoms with Crippen molar-refractivity contribution in [2.45, 2.75) is 9.79 Å². The maximum atomic E-state index is 12.2. The van der Waals surface area contributed by atoms with Crippen molar-refractivity contribution < 1.29 is 9.72 Å². The van der Waals surface area contributed by atoms with E-state index in [1.807, 2.05) is 0 Å². The molecule has 7 heteroatoms. The number of nitrogens with zero attached hydrogens (tertiary/aromatic N) is 2. The first-order valence-corrected chi connectivity index (χ1v) is 7.52. The van der Waals surface area contributed by atoms with Crippen molar-refractivity contribution in [3.8, 4) is 0 Å². The minimum atomic E-state index is -0.463. The van der Waals surface area contributed by atoms with Gasteiger partial charge in [0.1, 0.15) is 0 Å². The molecule has 0 aliphatic heterocycles. The van der Waals surface area contributed by atoms with Gasteiger partial charge < -0.3 is 4.90 Å². The molecule has 0 aliphatic rings. The van der Waals surface area contributed by atoms with Gasteiger partial charge in [-0.1, -0.05) is 35.5 Å². The van der Waals surface area contributed by atoms with Crippen molar-refractivity contribution in [3.05, 3.63) is 63.2 Å². The highest BCUT2D eigenvalue weighted by Gasteiger charge is 2.19. The lowest BCUT2D eigenvalue weighted by Crippen LogP contribution is -2.22. The molecule has 0 N–H and O–H groups in total. The van der Waals surface area contributed by atoms with Crippen LogP contribution in [0.5, 0.6) is 0 Å². The SMILES string of the molecule is CN(C)C(=O)c1ccccc1Sc1cc(Cl)ccc1[N+](=O)[O-]. The summed E-state index contributed by atoms with van der Waals surface area (Å²) in [5.41, 5.74) is 0.452. The fraction of sp³-hybridized carbons (Fsp3) is 0.133. The highest BCUT2D eigenvalue weighted by molar-refractivity contribution is 7.99. The van der Waals surface area contributed by atoms with Crippen molar-refractivity contribution in [2.75, 3.05) is 14.1 Å². The van der Waals surface area contributed by atoms with E-state index in [1.165, 1.54) is 23.1 Å². The minimum absolute atomic E-state index is 0.0403. The van der Waals surface area contributed by atoms with Crippen molar-refractivity contribution in [3.63, 3.8) is 0 Å². The van der Waals surface area contributed by atoms with Crippen molar-refractivity contribution in [1.82, 2.24) is 4.90 Å². The molecule has 5 nitrogen and oxygen atoms in total. The van der Waals surface area contributed by atoms with Gasteiger partial charge in [0.2, 0.25) is 0 Å². The van der Waals surface area contributed by atoms with Crippen LogP contribution in [0.25, 0.3) is 0 Å². The van der Waals surface area contributed by atoms with E-state index in [0.717, 1.165) is 11.8 Å². The fourth-order valence-corrected chi connectivity index (χ4v) is 3.13. The number of hydrogen-bond acceptors (Lipinski definition) is 4. The van der Waals surface area contributed by atoms with E-state index < -0.39 is 4.92 Å². The summed E-state index contributed by atoms with van der Waals surface area (Å²) in [6.45, 7) is 0. The predicted molar refractivity (Wildman–Crippen MR) is 86.7 cm³/mol. The van der Waals surface area contributed by atoms with Crippen LogP contribution in [0, 0.1) is 10.1 Å². The molecular formula is C15H13ClN2O3S. The Kier molecular flexibility index (Phi) is 5.05. The molecule has 2 aromatic carbocycles. The highest BCUT2D eigenvalue weighted by atomic mass is 35.5. The molecule has 0 fully saturated rings. The van der Waals surface area contributed by atoms with Gasteiger partial charge in [-0.05, 0) is 24.3 Å². The Bertz CT molecular complexity index is 734. The molecule has 2 rings (SSSR count). The Morgan fingerprint density at radius 2 is 1.86 bits per heavy atom. The lowest BCUT2D eigenvalue weighted by molar-refractivity contribution is -0.387. The summed E-state index contributed by atoms with van der Waals surface area (Å²) in [5, 5.41) is 11.5. The molecule has 0 unspecified atom stereocenters. The molecule has 0 saturated carbocycles. The van der Waals surface area contributed by atoms with Gasteiger partial charge in [0.05, 0.1) is 15.4 Å². The van der Waals surface area contributed by atoms with E-state index in [1.54, 1.807) is 38.4 Å². The summed E-state index contributed by atoms with van der Waals surface area (Å²) < 4.78 is 0. The van der Waals surface area contributed by atoms with Crippen molar-refractivity contribution in [1.29, 1.82) is 0 Å². The monoisotopic (exact) mass is 336 g/mol. The van der Waals surface area contributed by atoms with Crippen molar-refractivity contribution in [2.24, 2.45) is 0 Å². The van der Waals surface area contributed by atoms with Crippen LogP contribution < -0.4 is 0 Å². The average molecular weight is 337 g/mol. The molecule has 0 radical (unpaired) electrons. The van der Waals surface area contributed by atoms with E-state index >= 15 is 0 Å². The second-order valence-corrected chi connectivity index (χ2v) is 6.19. The summed E-state index contributed by atoms with van der Waals surface area (Å²) in [6.07, 6.45) is 0.